The minimum absolute atomic E-state index is 0.889. The van der Waals surface area contributed by atoms with E-state index in [0.29, 0.717) is 0 Å². The van der Waals surface area contributed by atoms with E-state index in [2.05, 4.69) is 103 Å². The van der Waals surface area contributed by atoms with Gasteiger partial charge in [0.1, 0.15) is 6.33 Å². The number of piperazine rings is 2. The molecule has 6 aliphatic rings. The molecule has 10 heterocycles. The lowest BCUT2D eigenvalue weighted by atomic mass is 10.2. The van der Waals surface area contributed by atoms with Crippen LogP contribution in [0.3, 0.4) is 0 Å². The van der Waals surface area contributed by atoms with Gasteiger partial charge in [-0.1, -0.05) is 274 Å². The Bertz CT molecular complexity index is 1060. The summed E-state index contributed by atoms with van der Waals surface area (Å²) in [6.07, 6.45) is 34.3. The number of nitrogens with zero attached hydrogens (tertiary/aromatic N) is 9. The van der Waals surface area contributed by atoms with Crippen molar-refractivity contribution in [2.24, 2.45) is 0 Å². The van der Waals surface area contributed by atoms with Crippen LogP contribution in [0.5, 0.6) is 0 Å². The highest BCUT2D eigenvalue weighted by Crippen LogP contribution is 1.96. The Morgan fingerprint density at radius 1 is 0.258 bits per heavy atom. The molecule has 5 saturated heterocycles. The van der Waals surface area contributed by atoms with Crippen LogP contribution in [0.15, 0.2) is 129 Å². The van der Waals surface area contributed by atoms with Crippen LogP contribution in [0.25, 0.3) is 0 Å². The zero-order chi connectivity index (χ0) is 79.5. The highest BCUT2D eigenvalue weighted by Gasteiger charge is 2.07. The maximum Gasteiger partial charge on any atom is 0.115 e. The van der Waals surface area contributed by atoms with Gasteiger partial charge in [-0.15, -0.1) is 0 Å². The van der Waals surface area contributed by atoms with Crippen molar-refractivity contribution in [1.82, 2.24) is 76.8 Å². The van der Waals surface area contributed by atoms with E-state index in [4.69, 9.17) is 4.74 Å². The summed E-state index contributed by atoms with van der Waals surface area (Å²) < 4.78 is 5.01. The van der Waals surface area contributed by atoms with E-state index in [1.165, 1.54) is 90.8 Å². The van der Waals surface area contributed by atoms with Gasteiger partial charge >= 0.3 is 0 Å². The van der Waals surface area contributed by atoms with Crippen LogP contribution in [-0.4, -0.2) is 164 Å². The van der Waals surface area contributed by atoms with Crippen LogP contribution in [0.4, 0.5) is 0 Å². The Morgan fingerprint density at radius 2 is 0.505 bits per heavy atom. The van der Waals surface area contributed by atoms with E-state index in [1.807, 2.05) is 292 Å². The predicted octanol–water partition coefficient (Wildman–Crippen LogP) is 21.8. The largest absolute Gasteiger partial charge is 0.379 e. The minimum atomic E-state index is 0.889. The van der Waals surface area contributed by atoms with Crippen molar-refractivity contribution in [2.75, 3.05) is 119 Å². The van der Waals surface area contributed by atoms with Crippen LogP contribution in [-0.2, 0) is 4.74 Å². The number of hydrogen-bond acceptors (Lipinski definition) is 16. The number of rotatable bonds is 0. The molecule has 16 nitrogen and oxygen atoms in total. The van der Waals surface area contributed by atoms with Crippen LogP contribution in [0.2, 0.25) is 0 Å². The Kier molecular flexibility index (Phi) is 315. The quantitative estimate of drug-likeness (QED) is 0.0979. The van der Waals surface area contributed by atoms with Gasteiger partial charge in [0.05, 0.1) is 13.2 Å². The van der Waals surface area contributed by atoms with Crippen molar-refractivity contribution in [3.8, 4) is 0 Å². The lowest BCUT2D eigenvalue weighted by Gasteiger charge is -2.28. The lowest BCUT2D eigenvalue weighted by Crippen LogP contribution is -2.42. The van der Waals surface area contributed by atoms with Gasteiger partial charge in [0.15, 0.2) is 0 Å². The molecular weight excluding hydrogens is 1200 g/mol. The number of morpholine rings is 1. The second-order valence-corrected chi connectivity index (χ2v) is 13.7. The van der Waals surface area contributed by atoms with Crippen molar-refractivity contribution >= 4 is 0 Å². The summed E-state index contributed by atoms with van der Waals surface area (Å²) in [6.45, 7) is 90.3. The average Bonchev–Trinajstić information content (AvgIpc) is 4.57. The molecule has 10 rings (SSSR count). The smallest absolute Gasteiger partial charge is 0.115 e. The second kappa shape index (κ2) is 219. The molecule has 16 heteroatoms. The van der Waals surface area contributed by atoms with E-state index < -0.39 is 0 Å². The molecule has 0 aliphatic carbocycles. The van der Waals surface area contributed by atoms with E-state index in [1.54, 1.807) is 68.0 Å². The molecule has 0 atom stereocenters. The fourth-order valence-electron chi connectivity index (χ4n) is 4.93. The number of pyridine rings is 1. The molecule has 0 bridgehead atoms. The lowest BCUT2D eigenvalue weighted by molar-refractivity contribution is 0.109. The maximum absolute atomic E-state index is 5.01. The number of ether oxygens (including phenoxy) is 1. The van der Waals surface area contributed by atoms with Gasteiger partial charge < -0.3 is 46.4 Å². The third-order valence-corrected chi connectivity index (χ3v) is 8.40. The molecule has 4 aromatic rings. The van der Waals surface area contributed by atoms with Crippen LogP contribution in [0.1, 0.15) is 288 Å². The number of aromatic nitrogens is 7. The Hall–Kier alpha value is -4.65. The first-order chi connectivity index (χ1) is 48.3. The Morgan fingerprint density at radius 3 is 0.619 bits per heavy atom. The Balaban J connectivity index is -0.0000000425. The molecular formula is C81H185N15O. The third kappa shape index (κ3) is 214. The number of likely N-dealkylation sites (N-methyl/N-ethyl adjacent to an activating group) is 2. The molecule has 6 aliphatic heterocycles. The van der Waals surface area contributed by atoms with Crippen molar-refractivity contribution in [1.29, 1.82) is 0 Å². The van der Waals surface area contributed by atoms with E-state index >= 15 is 0 Å². The normalized spacial score (nSPS) is 12.0. The van der Waals surface area contributed by atoms with Gasteiger partial charge in [0, 0.05) is 127 Å². The average molecular weight is 1390 g/mol. The molecule has 0 unspecified atom stereocenters. The summed E-state index contributed by atoms with van der Waals surface area (Å²) >= 11 is 0. The topological polar surface area (TPSA) is 178 Å². The van der Waals surface area contributed by atoms with Crippen molar-refractivity contribution in [2.45, 2.75) is 288 Å². The summed E-state index contributed by atoms with van der Waals surface area (Å²) in [7, 11) is 4.35. The van der Waals surface area contributed by atoms with Gasteiger partial charge in [-0.05, 0) is 115 Å². The van der Waals surface area contributed by atoms with Crippen LogP contribution < -0.4 is 31.9 Å². The van der Waals surface area contributed by atoms with Crippen LogP contribution in [0, 0.1) is 0 Å². The zero-order valence-corrected chi connectivity index (χ0v) is 73.1. The summed E-state index contributed by atoms with van der Waals surface area (Å²) in [5, 5.41) is 26.1. The molecule has 590 valence electrons. The molecule has 0 amide bonds. The molecule has 0 radical (unpaired) electrons. The highest BCUT2D eigenvalue weighted by molar-refractivity contribution is 4.99. The Labute approximate surface area is 614 Å². The SMILES string of the molecule is C1=CNC=CC1.C1CCNC1.C1CCNCC1.C1CNCCN1.C1COCCN1.CC.CC.CC.CC.CC.CC.CC.CC.CC.CC.CC.CC.CC.CC.CC.CC.CC.CC.CN1CCN(C)CC1.c1ccncc1.c1ccnnc1.c1cnccn1.c1cncnc1. The molecule has 97 heavy (non-hydrogen) atoms. The van der Waals surface area contributed by atoms with Gasteiger partial charge in [0.2, 0.25) is 0 Å². The first-order valence-corrected chi connectivity index (χ1v) is 39.8. The molecule has 0 saturated carbocycles. The third-order valence-electron chi connectivity index (χ3n) is 8.40. The summed E-state index contributed by atoms with van der Waals surface area (Å²) in [6, 6.07) is 11.1. The zero-order valence-electron chi connectivity index (χ0n) is 73.1. The fourth-order valence-corrected chi connectivity index (χ4v) is 4.93. The number of allylic oxidation sites excluding steroid dienone is 2. The second-order valence-electron chi connectivity index (χ2n) is 13.7. The van der Waals surface area contributed by atoms with E-state index in [9.17, 15) is 0 Å². The molecule has 5 fully saturated rings. The summed E-state index contributed by atoms with van der Waals surface area (Å²) in [5.41, 5.74) is 0. The van der Waals surface area contributed by atoms with Crippen molar-refractivity contribution in [3.05, 3.63) is 129 Å². The van der Waals surface area contributed by atoms with Gasteiger partial charge in [0.25, 0.3) is 0 Å². The summed E-state index contributed by atoms with van der Waals surface area (Å²) in [4.78, 5) is 23.3. The van der Waals surface area contributed by atoms with Gasteiger partial charge in [-0.3, -0.25) is 15.0 Å². The first kappa shape index (κ1) is 139. The fraction of sp³-hybridized carbons (Fsp3) is 0.741. The van der Waals surface area contributed by atoms with Gasteiger partial charge in [-0.25, -0.2) is 9.97 Å². The van der Waals surface area contributed by atoms with E-state index in [0.717, 1.165) is 58.9 Å². The number of hydrogen-bond donors (Lipinski definition) is 6. The standard InChI is InChI=1S/C6H14N2.C5H11N.C5H7N.C5H5N.C4H10N2.3C4H4N2.C4H9NO.C4H9N.18C2H6/c1-7-3-5-8(2)6-4-7;3*1-2-4-6-5-3-1;2*1-2-6-4-3-5-1;1-2-5-4-6-3-1;1-2-4-6-5-3-1;1-3-6-4-2-5-1;1-2-4-5-3-1;18*1-2/h3-6H2,1-2H3;6H,1-5H2;2-6H,1H2;1-5H;5-6H,1-4H2;3*1-4H;5H,1-4H2;5H,1-4H2;18*1-2H3. The monoisotopic (exact) mass is 1380 g/mol. The summed E-state index contributed by atoms with van der Waals surface area (Å²) in [5.74, 6) is 0. The van der Waals surface area contributed by atoms with Crippen molar-refractivity contribution in [3.63, 3.8) is 0 Å². The predicted molar refractivity (Wildman–Crippen MR) is 454 cm³/mol. The van der Waals surface area contributed by atoms with Crippen LogP contribution >= 0.6 is 0 Å². The maximum atomic E-state index is 5.01. The molecule has 6 N–H and O–H groups in total. The number of dihydropyridines is 1. The number of piperidine rings is 1. The highest BCUT2D eigenvalue weighted by atomic mass is 16.5. The van der Waals surface area contributed by atoms with Crippen molar-refractivity contribution < 1.29 is 4.74 Å². The molecule has 4 aromatic heterocycles. The first-order valence-electron chi connectivity index (χ1n) is 39.8. The minimum Gasteiger partial charge on any atom is -0.379 e. The van der Waals surface area contributed by atoms with Gasteiger partial charge in [-0.2, -0.15) is 10.2 Å². The number of nitrogens with one attached hydrogen (secondary N) is 6. The molecule has 0 aromatic carbocycles. The molecule has 0 spiro atoms. The van der Waals surface area contributed by atoms with E-state index in [-0.39, 0.29) is 0 Å².